The fourth-order valence-corrected chi connectivity index (χ4v) is 3.64. The summed E-state index contributed by atoms with van der Waals surface area (Å²) >= 11 is 0. The zero-order valence-corrected chi connectivity index (χ0v) is 16.3. The number of aryl methyl sites for hydroxylation is 1. The Hall–Kier alpha value is -3.31. The van der Waals surface area contributed by atoms with Crippen LogP contribution >= 0.6 is 0 Å². The molecule has 29 heavy (non-hydrogen) atoms. The minimum absolute atomic E-state index is 0.124. The zero-order valence-electron chi connectivity index (χ0n) is 16.3. The predicted molar refractivity (Wildman–Crippen MR) is 117 cm³/mol. The van der Waals surface area contributed by atoms with Gasteiger partial charge in [-0.25, -0.2) is 0 Å². The molecule has 0 saturated carbocycles. The number of para-hydroxylation sites is 1. The van der Waals surface area contributed by atoms with Gasteiger partial charge in [-0.2, -0.15) is 0 Å². The molecule has 2 aromatic carbocycles. The molecule has 5 heteroatoms. The van der Waals surface area contributed by atoms with Gasteiger partial charge in [0.2, 0.25) is 0 Å². The smallest absolute Gasteiger partial charge is 0.271 e. The van der Waals surface area contributed by atoms with Gasteiger partial charge < -0.3 is 9.67 Å². The number of hydrogen-bond donors (Lipinski definition) is 3. The minimum Gasteiger partial charge on any atom is -0.396 e. The Labute approximate surface area is 168 Å². The van der Waals surface area contributed by atoms with Crippen molar-refractivity contribution in [2.24, 2.45) is 0 Å². The van der Waals surface area contributed by atoms with Gasteiger partial charge >= 0.3 is 0 Å². The van der Waals surface area contributed by atoms with Gasteiger partial charge in [0.25, 0.3) is 5.56 Å². The molecular weight excluding hydrogens is 362 g/mol. The van der Waals surface area contributed by atoms with Crippen molar-refractivity contribution >= 4 is 23.1 Å². The lowest BCUT2D eigenvalue weighted by Crippen LogP contribution is -2.33. The summed E-state index contributed by atoms with van der Waals surface area (Å²) in [4.78, 5) is 12.4. The number of aliphatic hydroxyl groups excluding tert-OH is 1. The quantitative estimate of drug-likeness (QED) is 0.426. The summed E-state index contributed by atoms with van der Waals surface area (Å²) in [7, 11) is 0. The van der Waals surface area contributed by atoms with Crippen LogP contribution in [0.25, 0.3) is 23.1 Å². The van der Waals surface area contributed by atoms with E-state index in [2.05, 4.69) is 45.2 Å². The van der Waals surface area contributed by atoms with Crippen molar-refractivity contribution in [2.45, 2.75) is 25.8 Å². The number of hydrogen-bond acceptors (Lipinski definition) is 2. The van der Waals surface area contributed by atoms with Crippen molar-refractivity contribution < 1.29 is 5.11 Å². The molecule has 4 aromatic rings. The highest BCUT2D eigenvalue weighted by Gasteiger charge is 2.07. The van der Waals surface area contributed by atoms with Gasteiger partial charge in [0.1, 0.15) is 0 Å². The number of unbranched alkanes of at least 4 members (excludes halogenated alkanes) is 1. The predicted octanol–water partition coefficient (Wildman–Crippen LogP) is 2.28. The first-order valence-corrected chi connectivity index (χ1v) is 9.97. The summed E-state index contributed by atoms with van der Waals surface area (Å²) in [5.74, 6) is 0. The van der Waals surface area contributed by atoms with Gasteiger partial charge in [0, 0.05) is 35.8 Å². The standard InChI is InChI=1S/C24H25N3O2/c28-15-7-6-14-27-17-19(20-10-4-5-11-23(20)27)16-21-22(25-26-24(21)29)13-12-18-8-2-1-3-9-18/h1-5,8-11,13,16-17,25,28H,6-7,12,14-15H2,(H,26,29). The molecule has 0 aliphatic heterocycles. The number of aliphatic hydroxyl groups is 1. The third-order valence-corrected chi connectivity index (χ3v) is 5.16. The fourth-order valence-electron chi connectivity index (χ4n) is 3.64. The van der Waals surface area contributed by atoms with E-state index >= 15 is 0 Å². The summed E-state index contributed by atoms with van der Waals surface area (Å²) in [6.07, 6.45) is 8.53. The van der Waals surface area contributed by atoms with Crippen LogP contribution in [0, 0.1) is 0 Å². The normalized spacial score (nSPS) is 12.9. The maximum Gasteiger partial charge on any atom is 0.271 e. The molecule has 0 amide bonds. The maximum atomic E-state index is 12.4. The number of benzene rings is 2. The molecular formula is C24H25N3O2. The molecule has 0 saturated heterocycles. The molecule has 3 N–H and O–H groups in total. The lowest BCUT2D eigenvalue weighted by atomic mass is 10.1. The maximum absolute atomic E-state index is 12.4. The van der Waals surface area contributed by atoms with Crippen LogP contribution in [0.4, 0.5) is 0 Å². The van der Waals surface area contributed by atoms with Gasteiger partial charge in [-0.05, 0) is 37.0 Å². The van der Waals surface area contributed by atoms with Crippen LogP contribution in [0.2, 0.25) is 0 Å². The molecule has 0 aliphatic rings. The number of rotatable bonds is 7. The van der Waals surface area contributed by atoms with Crippen LogP contribution in [-0.2, 0) is 13.0 Å². The summed E-state index contributed by atoms with van der Waals surface area (Å²) in [6.45, 7) is 1.04. The second-order valence-corrected chi connectivity index (χ2v) is 7.17. The van der Waals surface area contributed by atoms with E-state index < -0.39 is 0 Å². The molecule has 0 bridgehead atoms. The average molecular weight is 387 g/mol. The van der Waals surface area contributed by atoms with Crippen LogP contribution in [0.3, 0.4) is 0 Å². The van der Waals surface area contributed by atoms with Gasteiger partial charge in [0.05, 0.1) is 10.6 Å². The largest absolute Gasteiger partial charge is 0.396 e. The van der Waals surface area contributed by atoms with Crippen molar-refractivity contribution in [1.82, 2.24) is 14.8 Å². The summed E-state index contributed by atoms with van der Waals surface area (Å²) < 4.78 is 2.20. The third kappa shape index (κ3) is 4.25. The topological polar surface area (TPSA) is 73.8 Å². The highest BCUT2D eigenvalue weighted by Crippen LogP contribution is 2.22. The molecule has 0 radical (unpaired) electrons. The summed E-state index contributed by atoms with van der Waals surface area (Å²) in [5, 5.41) is 17.3. The first-order valence-electron chi connectivity index (χ1n) is 9.97. The SMILES string of the molecule is O=c1[nH][nH]c(=CCc2ccccc2)c1=Cc1cn(CCCCO)c2ccccc12. The van der Waals surface area contributed by atoms with E-state index in [1.165, 1.54) is 5.56 Å². The third-order valence-electron chi connectivity index (χ3n) is 5.16. The number of H-pyrrole nitrogens is 2. The molecule has 2 aromatic heterocycles. The molecule has 4 rings (SSSR count). The van der Waals surface area contributed by atoms with Crippen molar-refractivity contribution in [3.8, 4) is 0 Å². The van der Waals surface area contributed by atoms with E-state index in [4.69, 9.17) is 5.11 Å². The highest BCUT2D eigenvalue weighted by molar-refractivity contribution is 5.89. The lowest BCUT2D eigenvalue weighted by molar-refractivity contribution is 0.281. The van der Waals surface area contributed by atoms with Gasteiger partial charge in [-0.3, -0.25) is 15.0 Å². The van der Waals surface area contributed by atoms with Crippen molar-refractivity contribution in [1.29, 1.82) is 0 Å². The number of fused-ring (bicyclic) bond motifs is 1. The van der Waals surface area contributed by atoms with Crippen molar-refractivity contribution in [3.05, 3.63) is 92.8 Å². The molecule has 0 atom stereocenters. The Bertz CT molecular complexity index is 1260. The molecule has 0 unspecified atom stereocenters. The molecule has 5 nitrogen and oxygen atoms in total. The van der Waals surface area contributed by atoms with Crippen LogP contribution in [0.5, 0.6) is 0 Å². The van der Waals surface area contributed by atoms with Crippen molar-refractivity contribution in [3.63, 3.8) is 0 Å². The number of nitrogens with zero attached hydrogens (tertiary/aromatic N) is 1. The second kappa shape index (κ2) is 8.80. The first-order chi connectivity index (χ1) is 14.3. The van der Waals surface area contributed by atoms with Gasteiger partial charge in [-0.1, -0.05) is 54.6 Å². The van der Waals surface area contributed by atoms with E-state index in [1.54, 1.807) is 0 Å². The van der Waals surface area contributed by atoms with Gasteiger partial charge in [0.15, 0.2) is 0 Å². The molecule has 0 fully saturated rings. The van der Waals surface area contributed by atoms with Crippen molar-refractivity contribution in [2.75, 3.05) is 6.61 Å². The van der Waals surface area contributed by atoms with Crippen LogP contribution in [0.1, 0.15) is 24.0 Å². The molecule has 0 spiro atoms. The number of aromatic nitrogens is 3. The Morgan fingerprint density at radius 1 is 0.966 bits per heavy atom. The Morgan fingerprint density at radius 3 is 2.59 bits per heavy atom. The highest BCUT2D eigenvalue weighted by atomic mass is 16.2. The van der Waals surface area contributed by atoms with Crippen LogP contribution < -0.4 is 16.1 Å². The monoisotopic (exact) mass is 387 g/mol. The van der Waals surface area contributed by atoms with Gasteiger partial charge in [-0.15, -0.1) is 0 Å². The molecule has 0 aliphatic carbocycles. The van der Waals surface area contributed by atoms with Crippen LogP contribution in [0.15, 0.2) is 65.6 Å². The number of nitrogens with one attached hydrogen (secondary N) is 2. The Kier molecular flexibility index (Phi) is 5.77. The van der Waals surface area contributed by atoms with E-state index in [1.807, 2.05) is 42.5 Å². The van der Waals surface area contributed by atoms with E-state index in [9.17, 15) is 4.79 Å². The summed E-state index contributed by atoms with van der Waals surface area (Å²) in [5.41, 5.74) is 3.23. The molecule has 2 heterocycles. The summed E-state index contributed by atoms with van der Waals surface area (Å²) in [6, 6.07) is 18.4. The first kappa shape index (κ1) is 19.0. The lowest BCUT2D eigenvalue weighted by Gasteiger charge is -2.03. The van der Waals surface area contributed by atoms with E-state index in [0.717, 1.165) is 47.6 Å². The van der Waals surface area contributed by atoms with E-state index in [-0.39, 0.29) is 12.2 Å². The van der Waals surface area contributed by atoms with Crippen LogP contribution in [-0.4, -0.2) is 26.5 Å². The zero-order chi connectivity index (χ0) is 20.1. The second-order valence-electron chi connectivity index (χ2n) is 7.17. The Balaban J connectivity index is 1.76. The number of aromatic amines is 2. The fraction of sp³-hybridized carbons (Fsp3) is 0.208. The van der Waals surface area contributed by atoms with E-state index in [0.29, 0.717) is 5.22 Å². The minimum atomic E-state index is -0.124. The molecule has 148 valence electrons. The Morgan fingerprint density at radius 2 is 1.76 bits per heavy atom. The average Bonchev–Trinajstić information content (AvgIpc) is 3.29.